The standard InChI is InChI=1S/C10H9F13/c1-2-5(11,12)6(13,14)3-4-7(15,16)8(17,18)9(19,20)10(21,22)23/h2-4H2,1H3. The molecule has 23 heavy (non-hydrogen) atoms. The predicted octanol–water partition coefficient (Wildman–Crippen LogP) is 5.92. The van der Waals surface area contributed by atoms with Crippen LogP contribution in [0.15, 0.2) is 0 Å². The van der Waals surface area contributed by atoms with Crippen LogP contribution in [0.2, 0.25) is 0 Å². The van der Waals surface area contributed by atoms with Crippen LogP contribution in [0.3, 0.4) is 0 Å². The molecule has 13 heteroatoms. The summed E-state index contributed by atoms with van der Waals surface area (Å²) in [6, 6.07) is 0. The van der Waals surface area contributed by atoms with Gasteiger partial charge in [-0.2, -0.15) is 57.1 Å². The topological polar surface area (TPSA) is 0 Å². The van der Waals surface area contributed by atoms with Crippen molar-refractivity contribution in [2.45, 2.75) is 62.0 Å². The van der Waals surface area contributed by atoms with E-state index in [1.807, 2.05) is 0 Å². The molecule has 0 amide bonds. The maximum absolute atomic E-state index is 12.9. The monoisotopic (exact) mass is 376 g/mol. The molecule has 0 saturated carbocycles. The largest absolute Gasteiger partial charge is 0.460 e. The van der Waals surface area contributed by atoms with Crippen molar-refractivity contribution in [2.75, 3.05) is 0 Å². The van der Waals surface area contributed by atoms with Crippen LogP contribution >= 0.6 is 0 Å². The first kappa shape index (κ1) is 22.1. The fourth-order valence-electron chi connectivity index (χ4n) is 1.32. The second-order valence-electron chi connectivity index (χ2n) is 4.61. The van der Waals surface area contributed by atoms with E-state index in [0.717, 1.165) is 0 Å². The lowest BCUT2D eigenvalue weighted by molar-refractivity contribution is -0.398. The van der Waals surface area contributed by atoms with Gasteiger partial charge in [0.15, 0.2) is 0 Å². The van der Waals surface area contributed by atoms with Crippen molar-refractivity contribution in [3.05, 3.63) is 0 Å². The number of rotatable bonds is 7. The van der Waals surface area contributed by atoms with E-state index >= 15 is 0 Å². The molecule has 140 valence electrons. The maximum Gasteiger partial charge on any atom is 0.460 e. The van der Waals surface area contributed by atoms with Crippen molar-refractivity contribution in [3.8, 4) is 0 Å². The van der Waals surface area contributed by atoms with E-state index in [0.29, 0.717) is 6.92 Å². The lowest BCUT2D eigenvalue weighted by Gasteiger charge is -2.34. The molecule has 0 saturated heterocycles. The zero-order valence-corrected chi connectivity index (χ0v) is 11.0. The highest BCUT2D eigenvalue weighted by Crippen LogP contribution is 2.55. The fraction of sp³-hybridized carbons (Fsp3) is 1.00. The van der Waals surface area contributed by atoms with Crippen molar-refractivity contribution in [3.63, 3.8) is 0 Å². The SMILES string of the molecule is CCC(F)(F)C(F)(F)CCC(F)(F)C(F)(F)C(F)(F)C(F)(F)F. The summed E-state index contributed by atoms with van der Waals surface area (Å²) in [5.41, 5.74) is 0. The van der Waals surface area contributed by atoms with Gasteiger partial charge in [-0.1, -0.05) is 6.92 Å². The molecule has 0 bridgehead atoms. The second kappa shape index (κ2) is 5.87. The van der Waals surface area contributed by atoms with Crippen LogP contribution in [-0.2, 0) is 0 Å². The van der Waals surface area contributed by atoms with Gasteiger partial charge >= 0.3 is 35.8 Å². The first-order chi connectivity index (χ1) is 9.77. The molecule has 0 rings (SSSR count). The van der Waals surface area contributed by atoms with Crippen LogP contribution in [0, 0.1) is 0 Å². The van der Waals surface area contributed by atoms with Gasteiger partial charge < -0.3 is 0 Å². The lowest BCUT2D eigenvalue weighted by Crippen LogP contribution is -2.61. The molecule has 0 heterocycles. The Balaban J connectivity index is 5.44. The molecular formula is C10H9F13. The Morgan fingerprint density at radius 3 is 1.13 bits per heavy atom. The Labute approximate surface area is 120 Å². The summed E-state index contributed by atoms with van der Waals surface area (Å²) in [6.07, 6.45) is -14.4. The number of alkyl halides is 13. The minimum absolute atomic E-state index is 0.498. The van der Waals surface area contributed by atoms with Crippen molar-refractivity contribution >= 4 is 0 Å². The van der Waals surface area contributed by atoms with Crippen LogP contribution in [-0.4, -0.2) is 35.8 Å². The highest BCUT2D eigenvalue weighted by atomic mass is 19.4. The van der Waals surface area contributed by atoms with E-state index in [1.165, 1.54) is 0 Å². The molecule has 0 aromatic rings. The minimum Gasteiger partial charge on any atom is -0.200 e. The van der Waals surface area contributed by atoms with Gasteiger partial charge in [0.1, 0.15) is 0 Å². The molecule has 0 aliphatic rings. The van der Waals surface area contributed by atoms with Crippen LogP contribution < -0.4 is 0 Å². The molecule has 0 unspecified atom stereocenters. The third-order valence-corrected chi connectivity index (χ3v) is 2.94. The van der Waals surface area contributed by atoms with Crippen molar-refractivity contribution < 1.29 is 57.1 Å². The van der Waals surface area contributed by atoms with Crippen molar-refractivity contribution in [1.29, 1.82) is 0 Å². The summed E-state index contributed by atoms with van der Waals surface area (Å²) in [5.74, 6) is -30.9. The summed E-state index contributed by atoms with van der Waals surface area (Å²) in [5, 5.41) is 0. The van der Waals surface area contributed by atoms with E-state index < -0.39 is 55.1 Å². The molecule has 0 aliphatic heterocycles. The third-order valence-electron chi connectivity index (χ3n) is 2.94. The third kappa shape index (κ3) is 3.78. The smallest absolute Gasteiger partial charge is 0.200 e. The molecule has 0 aromatic heterocycles. The van der Waals surface area contributed by atoms with Gasteiger partial charge in [0.2, 0.25) is 0 Å². The summed E-state index contributed by atoms with van der Waals surface area (Å²) in [6.45, 7) is 0.498. The minimum atomic E-state index is -7.24. The summed E-state index contributed by atoms with van der Waals surface area (Å²) >= 11 is 0. The van der Waals surface area contributed by atoms with Gasteiger partial charge in [0.25, 0.3) is 0 Å². The van der Waals surface area contributed by atoms with Crippen molar-refractivity contribution in [1.82, 2.24) is 0 Å². The van der Waals surface area contributed by atoms with E-state index in [9.17, 15) is 57.1 Å². The molecular weight excluding hydrogens is 367 g/mol. The first-order valence-electron chi connectivity index (χ1n) is 5.72. The zero-order chi connectivity index (χ0) is 19.1. The van der Waals surface area contributed by atoms with Crippen LogP contribution in [0.25, 0.3) is 0 Å². The Kier molecular flexibility index (Phi) is 5.63. The van der Waals surface area contributed by atoms with Gasteiger partial charge in [-0.3, -0.25) is 0 Å². The number of hydrogen-bond acceptors (Lipinski definition) is 0. The van der Waals surface area contributed by atoms with Gasteiger partial charge in [0, 0.05) is 19.3 Å². The highest BCUT2D eigenvalue weighted by molar-refractivity contribution is 5.01. The molecule has 0 spiro atoms. The van der Waals surface area contributed by atoms with Gasteiger partial charge in [0.05, 0.1) is 0 Å². The predicted molar refractivity (Wildman–Crippen MR) is 50.3 cm³/mol. The van der Waals surface area contributed by atoms with Crippen LogP contribution in [0.1, 0.15) is 26.2 Å². The molecule has 0 fully saturated rings. The highest BCUT2D eigenvalue weighted by Gasteiger charge is 2.81. The molecule has 0 N–H and O–H groups in total. The molecule has 0 nitrogen and oxygen atoms in total. The van der Waals surface area contributed by atoms with Gasteiger partial charge in [-0.05, 0) is 0 Å². The fourth-order valence-corrected chi connectivity index (χ4v) is 1.32. The Hall–Kier alpha value is -0.910. The van der Waals surface area contributed by atoms with Crippen molar-refractivity contribution in [2.24, 2.45) is 0 Å². The number of halogens is 13. The molecule has 0 aliphatic carbocycles. The van der Waals surface area contributed by atoms with Gasteiger partial charge in [-0.25, -0.2) is 0 Å². The van der Waals surface area contributed by atoms with Gasteiger partial charge in [-0.15, -0.1) is 0 Å². The first-order valence-corrected chi connectivity index (χ1v) is 5.72. The molecule has 0 radical (unpaired) electrons. The lowest BCUT2D eigenvalue weighted by atomic mass is 9.95. The summed E-state index contributed by atoms with van der Waals surface area (Å²) in [4.78, 5) is 0. The molecule has 0 atom stereocenters. The average Bonchev–Trinajstić information content (AvgIpc) is 2.34. The quantitative estimate of drug-likeness (QED) is 0.484. The maximum atomic E-state index is 12.9. The van der Waals surface area contributed by atoms with E-state index in [-0.39, 0.29) is 0 Å². The average molecular weight is 376 g/mol. The van der Waals surface area contributed by atoms with Crippen LogP contribution in [0.5, 0.6) is 0 Å². The summed E-state index contributed by atoms with van der Waals surface area (Å²) in [7, 11) is 0. The second-order valence-corrected chi connectivity index (χ2v) is 4.61. The van der Waals surface area contributed by atoms with Crippen LogP contribution in [0.4, 0.5) is 57.1 Å². The Morgan fingerprint density at radius 1 is 0.478 bits per heavy atom. The zero-order valence-electron chi connectivity index (χ0n) is 11.0. The van der Waals surface area contributed by atoms with E-state index in [4.69, 9.17) is 0 Å². The summed E-state index contributed by atoms with van der Waals surface area (Å²) < 4.78 is 163. The molecule has 0 aromatic carbocycles. The normalized spacial score (nSPS) is 15.9. The van der Waals surface area contributed by atoms with E-state index in [2.05, 4.69) is 0 Å². The Bertz CT molecular complexity index is 405. The van der Waals surface area contributed by atoms with E-state index in [1.54, 1.807) is 0 Å². The number of hydrogen-bond donors (Lipinski definition) is 0. The Morgan fingerprint density at radius 2 is 0.826 bits per heavy atom.